The van der Waals surface area contributed by atoms with Crippen molar-refractivity contribution in [2.45, 2.75) is 277 Å². The Labute approximate surface area is 533 Å². The molecule has 10 heteroatoms. The monoisotopic (exact) mass is 1220 g/mol. The first-order valence-corrected chi connectivity index (χ1v) is 36.1. The van der Waals surface area contributed by atoms with Gasteiger partial charge in [0.25, 0.3) is 0 Å². The van der Waals surface area contributed by atoms with Crippen LogP contribution in [0.5, 0.6) is 0 Å². The SMILES string of the molecule is CC/C=C\C/C=C\C/C=C\C/C=C\C/C=C\C/C=C\C/C=C\C/C=C\C/C=C\CCCCCCCCCC(=O)OC(COC(=O)CCCCCCCCCCCCCCCCC/C=C\C/C=C\C/C=C\C/C=C\C/C=C\CC)COP(=O)(O)OCCN. The summed E-state index contributed by atoms with van der Waals surface area (Å²) in [6, 6.07) is 0. The van der Waals surface area contributed by atoms with Crippen LogP contribution in [0.2, 0.25) is 0 Å². The van der Waals surface area contributed by atoms with Crippen molar-refractivity contribution < 1.29 is 37.6 Å². The fourth-order valence-electron chi connectivity index (χ4n) is 9.07. The van der Waals surface area contributed by atoms with Crippen molar-refractivity contribution in [1.82, 2.24) is 0 Å². The van der Waals surface area contributed by atoms with Gasteiger partial charge in [-0.2, -0.15) is 0 Å². The topological polar surface area (TPSA) is 134 Å². The Kier molecular flexibility index (Phi) is 66.7. The summed E-state index contributed by atoms with van der Waals surface area (Å²) in [5, 5.41) is 0. The van der Waals surface area contributed by atoms with Crippen molar-refractivity contribution in [3.63, 3.8) is 0 Å². The molecular weight excluding hydrogens is 1100 g/mol. The molecule has 0 radical (unpaired) electrons. The summed E-state index contributed by atoms with van der Waals surface area (Å²) < 4.78 is 33.2. The number of phosphoric ester groups is 1. The van der Waals surface area contributed by atoms with E-state index in [0.717, 1.165) is 141 Å². The lowest BCUT2D eigenvalue weighted by Crippen LogP contribution is -2.29. The van der Waals surface area contributed by atoms with E-state index in [0.29, 0.717) is 6.42 Å². The van der Waals surface area contributed by atoms with Gasteiger partial charge in [0.05, 0.1) is 13.2 Å². The molecule has 9 nitrogen and oxygen atoms in total. The van der Waals surface area contributed by atoms with Gasteiger partial charge in [0.1, 0.15) is 6.61 Å². The largest absolute Gasteiger partial charge is 0.472 e. The summed E-state index contributed by atoms with van der Waals surface area (Å²) in [4.78, 5) is 35.4. The number of hydrogen-bond acceptors (Lipinski definition) is 8. The zero-order valence-corrected chi connectivity index (χ0v) is 56.1. The Morgan fingerprint density at radius 3 is 0.885 bits per heavy atom. The third-order valence-corrected chi connectivity index (χ3v) is 15.1. The molecular formula is C77H126NO8P. The van der Waals surface area contributed by atoms with Crippen LogP contribution in [0.25, 0.3) is 0 Å². The molecule has 0 heterocycles. The normalized spacial score (nSPS) is 14.0. The highest BCUT2D eigenvalue weighted by Gasteiger charge is 2.26. The lowest BCUT2D eigenvalue weighted by molar-refractivity contribution is -0.161. The minimum Gasteiger partial charge on any atom is -0.462 e. The van der Waals surface area contributed by atoms with Gasteiger partial charge in [-0.3, -0.25) is 18.6 Å². The molecule has 2 unspecified atom stereocenters. The third-order valence-electron chi connectivity index (χ3n) is 14.1. The average molecular weight is 1220 g/mol. The first-order chi connectivity index (χ1) is 42.8. The Morgan fingerprint density at radius 1 is 0.345 bits per heavy atom. The fourth-order valence-corrected chi connectivity index (χ4v) is 9.83. The zero-order valence-electron chi connectivity index (χ0n) is 55.2. The molecule has 0 saturated carbocycles. The van der Waals surface area contributed by atoms with Crippen LogP contribution in [0.3, 0.4) is 0 Å². The Balaban J connectivity index is 3.98. The summed E-state index contributed by atoms with van der Waals surface area (Å²) in [6.07, 6.45) is 104. The van der Waals surface area contributed by atoms with Gasteiger partial charge in [0.2, 0.25) is 0 Å². The smallest absolute Gasteiger partial charge is 0.462 e. The zero-order chi connectivity index (χ0) is 63.0. The van der Waals surface area contributed by atoms with Crippen LogP contribution in [-0.4, -0.2) is 49.3 Å². The van der Waals surface area contributed by atoms with Gasteiger partial charge in [-0.25, -0.2) is 4.57 Å². The number of nitrogens with two attached hydrogens (primary N) is 1. The number of unbranched alkanes of at least 4 members (excludes halogenated alkanes) is 22. The summed E-state index contributed by atoms with van der Waals surface area (Å²) >= 11 is 0. The molecule has 0 saturated heterocycles. The second kappa shape index (κ2) is 70.5. The minimum absolute atomic E-state index is 0.0435. The molecule has 492 valence electrons. The number of esters is 2. The summed E-state index contributed by atoms with van der Waals surface area (Å²) in [5.74, 6) is -0.847. The second-order valence-corrected chi connectivity index (χ2v) is 23.7. The lowest BCUT2D eigenvalue weighted by atomic mass is 10.0. The summed E-state index contributed by atoms with van der Waals surface area (Å²) in [5.41, 5.74) is 5.40. The van der Waals surface area contributed by atoms with E-state index in [9.17, 15) is 19.0 Å². The molecule has 0 aromatic heterocycles. The van der Waals surface area contributed by atoms with Gasteiger partial charge < -0.3 is 20.1 Å². The molecule has 0 aliphatic carbocycles. The van der Waals surface area contributed by atoms with Crippen LogP contribution in [0.4, 0.5) is 0 Å². The molecule has 0 rings (SSSR count). The standard InChI is InChI=1S/C77H126NO8P/c1-3-5-7-9-11-13-15-17-19-21-23-25-27-29-31-33-35-36-37-38-40-42-44-46-48-50-52-54-56-58-60-62-64-66-68-70-77(80)86-75(74-85-87(81,82)84-72-71-78)73-83-76(79)69-67-65-63-61-59-57-55-53-51-49-47-45-43-41-39-34-32-30-28-26-24-22-20-18-16-14-12-10-8-6-4-2/h5-8,11-14,17-20,23-26,29-32,35-36,38,40,44,46,50,52,75H,3-4,9-10,15-16,21-22,27-28,33-34,37,39,41-43,45,47-49,51,53-74,78H2,1-2H3,(H,81,82)/b7-5-,8-6-,13-11-,14-12-,19-17-,20-18-,25-23-,26-24-,31-29-,32-30-,36-35-,40-38-,46-44-,52-50-. The predicted molar refractivity (Wildman–Crippen MR) is 376 cm³/mol. The number of carbonyl (C=O) groups is 2. The number of carbonyl (C=O) groups excluding carboxylic acids is 2. The molecule has 0 fully saturated rings. The molecule has 3 N–H and O–H groups in total. The van der Waals surface area contributed by atoms with E-state index in [4.69, 9.17) is 24.3 Å². The maximum Gasteiger partial charge on any atom is 0.472 e. The average Bonchev–Trinajstić information content (AvgIpc) is 3.64. The molecule has 2 atom stereocenters. The lowest BCUT2D eigenvalue weighted by Gasteiger charge is -2.19. The highest BCUT2D eigenvalue weighted by molar-refractivity contribution is 7.47. The van der Waals surface area contributed by atoms with Crippen LogP contribution >= 0.6 is 7.82 Å². The molecule has 0 aliphatic rings. The maximum atomic E-state index is 12.8. The first kappa shape index (κ1) is 82.4. The quantitative estimate of drug-likeness (QED) is 0.0264. The molecule has 0 aliphatic heterocycles. The van der Waals surface area contributed by atoms with Gasteiger partial charge in [-0.1, -0.05) is 300 Å². The predicted octanol–water partition coefficient (Wildman–Crippen LogP) is 23.0. The van der Waals surface area contributed by atoms with E-state index in [1.165, 1.54) is 96.3 Å². The second-order valence-electron chi connectivity index (χ2n) is 22.3. The van der Waals surface area contributed by atoms with Crippen LogP contribution in [0, 0.1) is 0 Å². The van der Waals surface area contributed by atoms with Crippen molar-refractivity contribution in [2.24, 2.45) is 5.73 Å². The highest BCUT2D eigenvalue weighted by atomic mass is 31.2. The van der Waals surface area contributed by atoms with Gasteiger partial charge in [-0.05, 0) is 128 Å². The van der Waals surface area contributed by atoms with Crippen molar-refractivity contribution in [1.29, 1.82) is 0 Å². The maximum absolute atomic E-state index is 12.8. The molecule has 0 aromatic rings. The number of rotatable bonds is 63. The molecule has 0 amide bonds. The van der Waals surface area contributed by atoms with Gasteiger partial charge >= 0.3 is 19.8 Å². The number of hydrogen-bond donors (Lipinski definition) is 2. The Hall–Kier alpha value is -4.63. The first-order valence-electron chi connectivity index (χ1n) is 34.6. The minimum atomic E-state index is -4.41. The number of phosphoric acid groups is 1. The van der Waals surface area contributed by atoms with Gasteiger partial charge in [-0.15, -0.1) is 0 Å². The molecule has 0 aromatic carbocycles. The van der Waals surface area contributed by atoms with Crippen molar-refractivity contribution >= 4 is 19.8 Å². The van der Waals surface area contributed by atoms with E-state index in [2.05, 4.69) is 184 Å². The van der Waals surface area contributed by atoms with Crippen LogP contribution in [-0.2, 0) is 32.7 Å². The Morgan fingerprint density at radius 2 is 0.598 bits per heavy atom. The van der Waals surface area contributed by atoms with E-state index in [1.807, 2.05) is 0 Å². The molecule has 0 spiro atoms. The number of allylic oxidation sites excluding steroid dienone is 28. The van der Waals surface area contributed by atoms with E-state index in [1.54, 1.807) is 0 Å². The molecule has 0 bridgehead atoms. The van der Waals surface area contributed by atoms with Gasteiger partial charge in [0, 0.05) is 19.4 Å². The van der Waals surface area contributed by atoms with Crippen LogP contribution in [0.15, 0.2) is 170 Å². The van der Waals surface area contributed by atoms with E-state index >= 15 is 0 Å². The van der Waals surface area contributed by atoms with Crippen molar-refractivity contribution in [3.8, 4) is 0 Å². The third kappa shape index (κ3) is 70.3. The van der Waals surface area contributed by atoms with Crippen LogP contribution in [0.1, 0.15) is 271 Å². The summed E-state index contributed by atoms with van der Waals surface area (Å²) in [7, 11) is -4.41. The molecule has 87 heavy (non-hydrogen) atoms. The van der Waals surface area contributed by atoms with Crippen molar-refractivity contribution in [3.05, 3.63) is 170 Å². The van der Waals surface area contributed by atoms with E-state index < -0.39 is 26.5 Å². The fraction of sp³-hybridized carbons (Fsp3) is 0.610. The van der Waals surface area contributed by atoms with Gasteiger partial charge in [0.15, 0.2) is 6.10 Å². The van der Waals surface area contributed by atoms with E-state index in [-0.39, 0.29) is 38.6 Å². The summed E-state index contributed by atoms with van der Waals surface area (Å²) in [6.45, 7) is 3.50. The van der Waals surface area contributed by atoms with Crippen LogP contribution < -0.4 is 5.73 Å². The van der Waals surface area contributed by atoms with Crippen molar-refractivity contribution in [2.75, 3.05) is 26.4 Å². The number of ether oxygens (including phenoxy) is 2. The Bertz CT molecular complexity index is 2030. The highest BCUT2D eigenvalue weighted by Crippen LogP contribution is 2.43.